The summed E-state index contributed by atoms with van der Waals surface area (Å²) in [6, 6.07) is 12.0. The van der Waals surface area contributed by atoms with Gasteiger partial charge in [0.05, 0.1) is 19.0 Å². The first-order valence-electron chi connectivity index (χ1n) is 9.44. The van der Waals surface area contributed by atoms with E-state index < -0.39 is 5.72 Å². The summed E-state index contributed by atoms with van der Waals surface area (Å²) in [5, 5.41) is 0. The van der Waals surface area contributed by atoms with E-state index in [0.29, 0.717) is 25.3 Å². The molecule has 0 bridgehead atoms. The van der Waals surface area contributed by atoms with Crippen LogP contribution in [0, 0.1) is 6.92 Å². The number of rotatable bonds is 2. The molecule has 7 heteroatoms. The standard InChI is InChI=1S/C21H20N2O5/c1-13-9-15(24)10-16(27-13)20(26)22-8-7-21-18(22)11-19(25)23(21)12-17(28-21)14-5-3-2-4-6-14/h2-6,9-10,17-18H,7-8,11-12H2,1H3/t17-,18-,21+/m1/s1. The quantitative estimate of drug-likeness (QED) is 0.795. The highest BCUT2D eigenvalue weighted by molar-refractivity contribution is 5.93. The van der Waals surface area contributed by atoms with Crippen molar-refractivity contribution in [1.29, 1.82) is 0 Å². The zero-order chi connectivity index (χ0) is 19.5. The van der Waals surface area contributed by atoms with Gasteiger partial charge in [-0.15, -0.1) is 0 Å². The Morgan fingerprint density at radius 3 is 2.71 bits per heavy atom. The van der Waals surface area contributed by atoms with E-state index in [1.165, 1.54) is 12.1 Å². The molecule has 3 fully saturated rings. The lowest BCUT2D eigenvalue weighted by Gasteiger charge is -2.31. The Morgan fingerprint density at radius 2 is 1.96 bits per heavy atom. The largest absolute Gasteiger partial charge is 0.456 e. The molecule has 2 amide bonds. The van der Waals surface area contributed by atoms with Gasteiger partial charge < -0.3 is 19.0 Å². The maximum Gasteiger partial charge on any atom is 0.290 e. The number of amides is 2. The van der Waals surface area contributed by atoms with Crippen molar-refractivity contribution in [2.24, 2.45) is 0 Å². The average molecular weight is 380 g/mol. The van der Waals surface area contributed by atoms with Crippen LogP contribution in [0.5, 0.6) is 0 Å². The molecule has 0 aliphatic carbocycles. The van der Waals surface area contributed by atoms with Gasteiger partial charge in [0.15, 0.2) is 16.9 Å². The lowest BCUT2D eigenvalue weighted by Crippen LogP contribution is -2.48. The molecule has 0 saturated carbocycles. The molecule has 0 unspecified atom stereocenters. The molecule has 3 saturated heterocycles. The van der Waals surface area contributed by atoms with Gasteiger partial charge in [0, 0.05) is 25.1 Å². The van der Waals surface area contributed by atoms with Gasteiger partial charge in [0.2, 0.25) is 5.91 Å². The van der Waals surface area contributed by atoms with Gasteiger partial charge >= 0.3 is 0 Å². The van der Waals surface area contributed by atoms with Crippen molar-refractivity contribution in [3.63, 3.8) is 0 Å². The average Bonchev–Trinajstić information content (AvgIpc) is 3.30. The monoisotopic (exact) mass is 380 g/mol. The first-order chi connectivity index (χ1) is 13.5. The Morgan fingerprint density at radius 1 is 1.18 bits per heavy atom. The Bertz CT molecular complexity index is 1020. The molecule has 7 nitrogen and oxygen atoms in total. The van der Waals surface area contributed by atoms with Crippen LogP contribution >= 0.6 is 0 Å². The van der Waals surface area contributed by atoms with Crippen molar-refractivity contribution < 1.29 is 18.7 Å². The van der Waals surface area contributed by atoms with Crippen LogP contribution in [0.3, 0.4) is 0 Å². The number of carbonyl (C=O) groups excluding carboxylic acids is 2. The van der Waals surface area contributed by atoms with Crippen LogP contribution in [0.2, 0.25) is 0 Å². The van der Waals surface area contributed by atoms with Gasteiger partial charge in [-0.1, -0.05) is 30.3 Å². The molecule has 1 aromatic carbocycles. The number of ether oxygens (including phenoxy) is 1. The molecule has 3 aliphatic heterocycles. The lowest BCUT2D eigenvalue weighted by atomic mass is 10.1. The Balaban J connectivity index is 1.46. The number of benzene rings is 1. The topological polar surface area (TPSA) is 80.1 Å². The highest BCUT2D eigenvalue weighted by Crippen LogP contribution is 2.50. The minimum Gasteiger partial charge on any atom is -0.456 e. The number of nitrogens with zero attached hydrogens (tertiary/aromatic N) is 2. The first-order valence-corrected chi connectivity index (χ1v) is 9.44. The molecule has 144 valence electrons. The maximum atomic E-state index is 13.0. The van der Waals surface area contributed by atoms with Gasteiger partial charge in [-0.25, -0.2) is 0 Å². The molecule has 4 heterocycles. The normalized spacial score (nSPS) is 28.5. The summed E-state index contributed by atoms with van der Waals surface area (Å²) in [4.78, 5) is 40.9. The van der Waals surface area contributed by atoms with Crippen molar-refractivity contribution in [3.05, 3.63) is 69.8 Å². The summed E-state index contributed by atoms with van der Waals surface area (Å²) < 4.78 is 11.9. The summed E-state index contributed by atoms with van der Waals surface area (Å²) in [5.74, 6) is 0.0106. The van der Waals surface area contributed by atoms with Crippen LogP contribution in [0.4, 0.5) is 0 Å². The van der Waals surface area contributed by atoms with E-state index in [4.69, 9.17) is 9.15 Å². The summed E-state index contributed by atoms with van der Waals surface area (Å²) >= 11 is 0. The summed E-state index contributed by atoms with van der Waals surface area (Å²) in [7, 11) is 0. The van der Waals surface area contributed by atoms with Crippen LogP contribution in [0.25, 0.3) is 0 Å². The molecule has 3 aliphatic rings. The van der Waals surface area contributed by atoms with Crippen LogP contribution in [-0.4, -0.2) is 46.5 Å². The minimum absolute atomic E-state index is 0.00514. The number of likely N-dealkylation sites (tertiary alicyclic amines) is 1. The number of hydrogen-bond acceptors (Lipinski definition) is 5. The van der Waals surface area contributed by atoms with E-state index in [9.17, 15) is 14.4 Å². The van der Waals surface area contributed by atoms with Crippen LogP contribution in [0.1, 0.15) is 40.8 Å². The van der Waals surface area contributed by atoms with Crippen LogP contribution in [0.15, 0.2) is 51.7 Å². The number of hydrogen-bond donors (Lipinski definition) is 0. The Kier molecular flexibility index (Phi) is 3.71. The molecule has 1 aromatic heterocycles. The van der Waals surface area contributed by atoms with Gasteiger partial charge in [-0.2, -0.15) is 0 Å². The van der Waals surface area contributed by atoms with Crippen molar-refractivity contribution >= 4 is 11.8 Å². The molecular weight excluding hydrogens is 360 g/mol. The van der Waals surface area contributed by atoms with Gasteiger partial charge in [0.1, 0.15) is 11.9 Å². The molecular formula is C21H20N2O5. The molecule has 0 N–H and O–H groups in total. The van der Waals surface area contributed by atoms with Gasteiger partial charge in [-0.05, 0) is 12.5 Å². The van der Waals surface area contributed by atoms with E-state index >= 15 is 0 Å². The smallest absolute Gasteiger partial charge is 0.290 e. The highest BCUT2D eigenvalue weighted by Gasteiger charge is 2.65. The fourth-order valence-electron chi connectivity index (χ4n) is 4.76. The fraction of sp³-hybridized carbons (Fsp3) is 0.381. The summed E-state index contributed by atoms with van der Waals surface area (Å²) in [6.07, 6.45) is 0.567. The lowest BCUT2D eigenvalue weighted by molar-refractivity contribution is -0.138. The maximum absolute atomic E-state index is 13.0. The first kappa shape index (κ1) is 17.2. The van der Waals surface area contributed by atoms with Gasteiger partial charge in [0.25, 0.3) is 5.91 Å². The zero-order valence-corrected chi connectivity index (χ0v) is 15.5. The third-order valence-electron chi connectivity index (χ3n) is 5.96. The number of aryl methyl sites for hydroxylation is 1. The Labute approximate surface area is 161 Å². The zero-order valence-electron chi connectivity index (χ0n) is 15.5. The predicted octanol–water partition coefficient (Wildman–Crippen LogP) is 1.86. The van der Waals surface area contributed by atoms with Crippen LogP contribution in [-0.2, 0) is 9.53 Å². The van der Waals surface area contributed by atoms with E-state index in [-0.39, 0.29) is 41.6 Å². The summed E-state index contributed by atoms with van der Waals surface area (Å²) in [6.45, 7) is 2.57. The minimum atomic E-state index is -0.794. The van der Waals surface area contributed by atoms with E-state index in [0.717, 1.165) is 5.56 Å². The fourth-order valence-corrected chi connectivity index (χ4v) is 4.76. The molecule has 28 heavy (non-hydrogen) atoms. The second-order valence-electron chi connectivity index (χ2n) is 7.60. The van der Waals surface area contributed by atoms with E-state index in [2.05, 4.69) is 0 Å². The van der Waals surface area contributed by atoms with Crippen molar-refractivity contribution in [2.75, 3.05) is 13.1 Å². The van der Waals surface area contributed by atoms with E-state index in [1.807, 2.05) is 30.3 Å². The second-order valence-corrected chi connectivity index (χ2v) is 7.60. The van der Waals surface area contributed by atoms with Crippen LogP contribution < -0.4 is 5.43 Å². The Hall–Kier alpha value is -2.93. The summed E-state index contributed by atoms with van der Waals surface area (Å²) in [5.41, 5.74) is -0.0455. The highest BCUT2D eigenvalue weighted by atomic mass is 16.5. The second kappa shape index (κ2) is 6.04. The predicted molar refractivity (Wildman–Crippen MR) is 98.5 cm³/mol. The number of carbonyl (C=O) groups is 2. The van der Waals surface area contributed by atoms with Gasteiger partial charge in [-0.3, -0.25) is 14.4 Å². The molecule has 0 radical (unpaired) electrons. The molecule has 2 aromatic rings. The van der Waals surface area contributed by atoms with Crippen molar-refractivity contribution in [2.45, 2.75) is 37.6 Å². The SMILES string of the molecule is Cc1cc(=O)cc(C(=O)N2CC[C@@]34O[C@@H](c5ccccc5)CN3C(=O)C[C@@H]24)o1. The van der Waals surface area contributed by atoms with Crippen molar-refractivity contribution in [3.8, 4) is 0 Å². The third-order valence-corrected chi connectivity index (χ3v) is 5.96. The molecule has 5 rings (SSSR count). The van der Waals surface area contributed by atoms with Crippen molar-refractivity contribution in [1.82, 2.24) is 9.80 Å². The molecule has 3 atom stereocenters. The molecule has 1 spiro atoms. The van der Waals surface area contributed by atoms with E-state index in [1.54, 1.807) is 16.7 Å². The third kappa shape index (κ3) is 2.43.